The van der Waals surface area contributed by atoms with E-state index in [-0.39, 0.29) is 5.41 Å². The number of aryl methyl sites for hydroxylation is 1. The molecule has 0 amide bonds. The Morgan fingerprint density at radius 3 is 2.27 bits per heavy atom. The molecule has 234 valence electrons. The molecule has 2 heteroatoms. The van der Waals surface area contributed by atoms with Gasteiger partial charge in [0.25, 0.3) is 0 Å². The van der Waals surface area contributed by atoms with E-state index in [4.69, 9.17) is 0 Å². The Bertz CT molecular complexity index is 2630. The number of rotatable bonds is 4. The molecule has 2 heterocycles. The minimum atomic E-state index is -0.0894. The fraction of sp³-hybridized carbons (Fsp3) is 0.106. The van der Waals surface area contributed by atoms with E-state index in [1.165, 1.54) is 77.3 Å². The van der Waals surface area contributed by atoms with E-state index in [0.29, 0.717) is 0 Å². The van der Waals surface area contributed by atoms with E-state index >= 15 is 0 Å². The van der Waals surface area contributed by atoms with Gasteiger partial charge in [0, 0.05) is 32.9 Å². The van der Waals surface area contributed by atoms with Gasteiger partial charge in [0.15, 0.2) is 0 Å². The standard InChI is InChI=1S/C47H36N2/c1-47(2)41-20-7-8-22-45(41)49-44-29-28-35(30-40(44)39-19-11-21-42(47)46(39)49)48(43-23-10-15-32-13-4-6-17-38(32)43)34-26-24-33(25-27-34)37-18-9-14-31-12-3-5-16-36(31)37/h4-11,13-30H,3,12H2,1-2H3. The van der Waals surface area contributed by atoms with E-state index in [0.717, 1.165) is 24.2 Å². The van der Waals surface area contributed by atoms with Crippen LogP contribution in [0.1, 0.15) is 42.5 Å². The molecular weight excluding hydrogens is 593 g/mol. The second-order valence-electron chi connectivity index (χ2n) is 14.1. The van der Waals surface area contributed by atoms with Crippen LogP contribution in [0.2, 0.25) is 0 Å². The maximum absolute atomic E-state index is 2.50. The lowest BCUT2D eigenvalue weighted by Gasteiger charge is -2.34. The van der Waals surface area contributed by atoms with E-state index in [1.54, 1.807) is 0 Å². The zero-order valence-corrected chi connectivity index (χ0v) is 27.8. The summed E-state index contributed by atoms with van der Waals surface area (Å²) in [6.07, 6.45) is 6.83. The number of hydrogen-bond donors (Lipinski definition) is 0. The molecule has 1 aromatic heterocycles. The molecule has 0 N–H and O–H groups in total. The Kier molecular flexibility index (Phi) is 6.08. The van der Waals surface area contributed by atoms with Crippen LogP contribution in [0.4, 0.5) is 17.1 Å². The molecule has 2 aliphatic rings. The van der Waals surface area contributed by atoms with Crippen molar-refractivity contribution in [3.63, 3.8) is 0 Å². The number of benzene rings is 7. The van der Waals surface area contributed by atoms with Crippen LogP contribution in [-0.4, -0.2) is 4.57 Å². The molecule has 0 spiro atoms. The summed E-state index contributed by atoms with van der Waals surface area (Å²) < 4.78 is 2.50. The lowest BCUT2D eigenvalue weighted by Crippen LogP contribution is -2.26. The number of nitrogens with zero attached hydrogens (tertiary/aromatic N) is 2. The van der Waals surface area contributed by atoms with Crippen molar-refractivity contribution < 1.29 is 0 Å². The van der Waals surface area contributed by atoms with Gasteiger partial charge >= 0.3 is 0 Å². The zero-order valence-electron chi connectivity index (χ0n) is 27.8. The molecule has 0 atom stereocenters. The van der Waals surface area contributed by atoms with Crippen molar-refractivity contribution in [3.05, 3.63) is 174 Å². The second-order valence-corrected chi connectivity index (χ2v) is 14.1. The first kappa shape index (κ1) is 28.2. The summed E-state index contributed by atoms with van der Waals surface area (Å²) >= 11 is 0. The Morgan fingerprint density at radius 1 is 0.612 bits per heavy atom. The molecule has 1 aliphatic carbocycles. The van der Waals surface area contributed by atoms with Crippen LogP contribution in [0.5, 0.6) is 0 Å². The first-order valence-corrected chi connectivity index (χ1v) is 17.4. The highest BCUT2D eigenvalue weighted by Crippen LogP contribution is 2.49. The zero-order chi connectivity index (χ0) is 32.7. The fourth-order valence-electron chi connectivity index (χ4n) is 8.63. The molecule has 1 aliphatic heterocycles. The molecular formula is C47H36N2. The Labute approximate surface area is 287 Å². The normalized spacial score (nSPS) is 14.2. The van der Waals surface area contributed by atoms with E-state index in [1.807, 2.05) is 0 Å². The van der Waals surface area contributed by atoms with Crippen molar-refractivity contribution in [2.75, 3.05) is 4.90 Å². The average molecular weight is 629 g/mol. The van der Waals surface area contributed by atoms with E-state index < -0.39 is 0 Å². The predicted molar refractivity (Wildman–Crippen MR) is 208 cm³/mol. The molecule has 0 saturated carbocycles. The number of para-hydroxylation sites is 2. The maximum atomic E-state index is 2.50. The van der Waals surface area contributed by atoms with Crippen LogP contribution in [-0.2, 0) is 11.8 Å². The van der Waals surface area contributed by atoms with Crippen molar-refractivity contribution in [2.24, 2.45) is 0 Å². The average Bonchev–Trinajstić information content (AvgIpc) is 3.49. The van der Waals surface area contributed by atoms with Crippen LogP contribution >= 0.6 is 0 Å². The molecule has 0 unspecified atom stereocenters. The summed E-state index contributed by atoms with van der Waals surface area (Å²) in [7, 11) is 0. The quantitative estimate of drug-likeness (QED) is 0.188. The lowest BCUT2D eigenvalue weighted by molar-refractivity contribution is 0.630. The molecule has 7 aromatic carbocycles. The molecule has 2 nitrogen and oxygen atoms in total. The summed E-state index contributed by atoms with van der Waals surface area (Å²) in [6.45, 7) is 4.72. The monoisotopic (exact) mass is 628 g/mol. The highest BCUT2D eigenvalue weighted by molar-refractivity contribution is 6.13. The molecule has 0 bridgehead atoms. The van der Waals surface area contributed by atoms with Gasteiger partial charge in [-0.2, -0.15) is 0 Å². The fourth-order valence-corrected chi connectivity index (χ4v) is 8.63. The summed E-state index contributed by atoms with van der Waals surface area (Å²) in [5, 5.41) is 5.03. The number of fused-ring (bicyclic) bond motifs is 7. The van der Waals surface area contributed by atoms with Gasteiger partial charge in [-0.05, 0) is 94.1 Å². The lowest BCUT2D eigenvalue weighted by atomic mass is 9.75. The van der Waals surface area contributed by atoms with Crippen molar-refractivity contribution in [1.82, 2.24) is 4.57 Å². The Hall–Kier alpha value is -5.86. The third kappa shape index (κ3) is 4.14. The minimum Gasteiger partial charge on any atom is -0.310 e. The van der Waals surface area contributed by atoms with Crippen LogP contribution < -0.4 is 4.90 Å². The van der Waals surface area contributed by atoms with Gasteiger partial charge in [-0.15, -0.1) is 0 Å². The van der Waals surface area contributed by atoms with E-state index in [9.17, 15) is 0 Å². The van der Waals surface area contributed by atoms with Crippen molar-refractivity contribution in [3.8, 4) is 16.8 Å². The number of anilines is 3. The predicted octanol–water partition coefficient (Wildman–Crippen LogP) is 12.7. The third-order valence-corrected chi connectivity index (χ3v) is 11.0. The first-order valence-electron chi connectivity index (χ1n) is 17.4. The van der Waals surface area contributed by atoms with E-state index in [2.05, 4.69) is 181 Å². The van der Waals surface area contributed by atoms with Gasteiger partial charge in [0.2, 0.25) is 0 Å². The van der Waals surface area contributed by atoms with Crippen LogP contribution in [0.3, 0.4) is 0 Å². The molecule has 0 saturated heterocycles. The summed E-state index contributed by atoms with van der Waals surface area (Å²) in [4.78, 5) is 2.44. The summed E-state index contributed by atoms with van der Waals surface area (Å²) in [6, 6.07) is 54.1. The Balaban J connectivity index is 1.20. The van der Waals surface area contributed by atoms with Crippen molar-refractivity contribution >= 4 is 55.7 Å². The van der Waals surface area contributed by atoms with Gasteiger partial charge in [-0.3, -0.25) is 0 Å². The molecule has 10 rings (SSSR count). The van der Waals surface area contributed by atoms with Crippen LogP contribution in [0.15, 0.2) is 152 Å². The number of aromatic nitrogens is 1. The summed E-state index contributed by atoms with van der Waals surface area (Å²) in [5.74, 6) is 0. The number of hydrogen-bond acceptors (Lipinski definition) is 1. The van der Waals surface area contributed by atoms with Gasteiger partial charge in [-0.25, -0.2) is 0 Å². The smallest absolute Gasteiger partial charge is 0.0582 e. The highest BCUT2D eigenvalue weighted by atomic mass is 15.1. The molecule has 0 radical (unpaired) electrons. The summed E-state index contributed by atoms with van der Waals surface area (Å²) in [5.41, 5.74) is 15.3. The second kappa shape index (κ2) is 10.6. The van der Waals surface area contributed by atoms with Crippen LogP contribution in [0.25, 0.3) is 55.5 Å². The highest BCUT2D eigenvalue weighted by Gasteiger charge is 2.35. The van der Waals surface area contributed by atoms with Crippen molar-refractivity contribution in [1.29, 1.82) is 0 Å². The van der Waals surface area contributed by atoms with Gasteiger partial charge < -0.3 is 9.47 Å². The Morgan fingerprint density at radius 2 is 1.35 bits per heavy atom. The van der Waals surface area contributed by atoms with Gasteiger partial charge in [0.1, 0.15) is 0 Å². The minimum absolute atomic E-state index is 0.0894. The molecule has 0 fully saturated rings. The third-order valence-electron chi connectivity index (χ3n) is 11.0. The number of allylic oxidation sites excluding steroid dienone is 1. The maximum Gasteiger partial charge on any atom is 0.0582 e. The van der Waals surface area contributed by atoms with Crippen molar-refractivity contribution in [2.45, 2.75) is 32.1 Å². The first-order chi connectivity index (χ1) is 24.1. The largest absolute Gasteiger partial charge is 0.310 e. The molecule has 8 aromatic rings. The SMILES string of the molecule is CC1(C)c2ccccc2-n2c3ccc(N(c4ccc(-c5cccc6c5C=CCC6)cc4)c4cccc5ccccc45)cc3c3cccc1c32. The molecule has 49 heavy (non-hydrogen) atoms. The topological polar surface area (TPSA) is 8.17 Å². The van der Waals surface area contributed by atoms with Gasteiger partial charge in [-0.1, -0.05) is 129 Å². The van der Waals surface area contributed by atoms with Crippen LogP contribution in [0, 0.1) is 0 Å². The van der Waals surface area contributed by atoms with Gasteiger partial charge in [0.05, 0.1) is 22.4 Å².